The van der Waals surface area contributed by atoms with E-state index in [1.165, 1.54) is 4.90 Å². The van der Waals surface area contributed by atoms with Crippen LogP contribution in [0, 0.1) is 12.3 Å². The summed E-state index contributed by atoms with van der Waals surface area (Å²) in [7, 11) is 0. The van der Waals surface area contributed by atoms with Gasteiger partial charge in [0, 0.05) is 23.6 Å². The number of rotatable bonds is 7. The number of amides is 2. The molecule has 0 unspecified atom stereocenters. The van der Waals surface area contributed by atoms with E-state index in [-0.39, 0.29) is 11.9 Å². The fourth-order valence-corrected chi connectivity index (χ4v) is 3.97. The Morgan fingerprint density at radius 3 is 2.03 bits per heavy atom. The Balaban J connectivity index is 1.72. The first kappa shape index (κ1) is 23.5. The monoisotopic (exact) mass is 459 g/mol. The minimum atomic E-state index is -0.999. The summed E-state index contributed by atoms with van der Waals surface area (Å²) in [5, 5.41) is 3.03. The first-order chi connectivity index (χ1) is 17.1. The van der Waals surface area contributed by atoms with E-state index in [0.717, 1.165) is 16.7 Å². The second kappa shape index (κ2) is 11.0. The van der Waals surface area contributed by atoms with E-state index in [9.17, 15) is 9.59 Å². The van der Waals surface area contributed by atoms with Gasteiger partial charge in [-0.25, -0.2) is 0 Å². The summed E-state index contributed by atoms with van der Waals surface area (Å²) < 4.78 is 0. The van der Waals surface area contributed by atoms with Crippen LogP contribution in [0.1, 0.15) is 30.1 Å². The van der Waals surface area contributed by atoms with Gasteiger partial charge in [-0.15, -0.1) is 6.42 Å². The lowest BCUT2D eigenvalue weighted by Gasteiger charge is -2.31. The van der Waals surface area contributed by atoms with E-state index >= 15 is 0 Å². The van der Waals surface area contributed by atoms with E-state index in [0.29, 0.717) is 11.3 Å². The third-order valence-electron chi connectivity index (χ3n) is 5.76. The van der Waals surface area contributed by atoms with Gasteiger partial charge in [-0.1, -0.05) is 78.9 Å². The van der Waals surface area contributed by atoms with E-state index in [2.05, 4.69) is 16.2 Å². The second-order valence-corrected chi connectivity index (χ2v) is 8.06. The second-order valence-electron chi connectivity index (χ2n) is 8.06. The number of benzene rings is 3. The van der Waals surface area contributed by atoms with Gasteiger partial charge >= 0.3 is 5.91 Å². The van der Waals surface area contributed by atoms with Gasteiger partial charge in [0.1, 0.15) is 6.04 Å². The zero-order valence-corrected chi connectivity index (χ0v) is 19.3. The van der Waals surface area contributed by atoms with E-state index in [1.54, 1.807) is 36.7 Å². The number of hydrogen-bond donors (Lipinski definition) is 1. The number of nitrogens with one attached hydrogen (secondary N) is 1. The fourth-order valence-electron chi connectivity index (χ4n) is 3.97. The molecule has 2 atom stereocenters. The lowest BCUT2D eigenvalue weighted by atomic mass is 10.0. The maximum absolute atomic E-state index is 13.6. The Bertz CT molecular complexity index is 1320. The lowest BCUT2D eigenvalue weighted by molar-refractivity contribution is -0.125. The summed E-state index contributed by atoms with van der Waals surface area (Å²) in [4.78, 5) is 32.2. The summed E-state index contributed by atoms with van der Waals surface area (Å²) in [6, 6.07) is 29.2. The Kier molecular flexibility index (Phi) is 7.34. The predicted molar refractivity (Wildman–Crippen MR) is 138 cm³/mol. The van der Waals surface area contributed by atoms with Crippen molar-refractivity contribution in [3.8, 4) is 23.5 Å². The number of pyridine rings is 1. The van der Waals surface area contributed by atoms with Crippen molar-refractivity contribution in [1.82, 2.24) is 10.3 Å². The highest BCUT2D eigenvalue weighted by Gasteiger charge is 2.33. The van der Waals surface area contributed by atoms with E-state index < -0.39 is 11.9 Å². The third kappa shape index (κ3) is 5.45. The maximum atomic E-state index is 13.6. The molecule has 3 aromatic carbocycles. The molecule has 0 aliphatic rings. The van der Waals surface area contributed by atoms with Crippen molar-refractivity contribution < 1.29 is 9.59 Å². The number of terminal acetylenes is 1. The molecule has 4 rings (SSSR count). The molecule has 172 valence electrons. The quantitative estimate of drug-likeness (QED) is 0.380. The van der Waals surface area contributed by atoms with Crippen molar-refractivity contribution in [2.75, 3.05) is 4.90 Å². The molecule has 0 saturated carbocycles. The summed E-state index contributed by atoms with van der Waals surface area (Å²) in [6.45, 7) is 1.90. The largest absolute Gasteiger partial charge is 0.347 e. The number of aromatic nitrogens is 1. The van der Waals surface area contributed by atoms with Crippen LogP contribution in [0.4, 0.5) is 5.69 Å². The average Bonchev–Trinajstić information content (AvgIpc) is 2.92. The molecule has 0 radical (unpaired) electrons. The van der Waals surface area contributed by atoms with Gasteiger partial charge < -0.3 is 5.32 Å². The zero-order valence-electron chi connectivity index (χ0n) is 19.3. The van der Waals surface area contributed by atoms with Crippen LogP contribution in [-0.4, -0.2) is 16.8 Å². The molecule has 5 nitrogen and oxygen atoms in total. The molecule has 0 aliphatic heterocycles. The Labute approximate surface area is 205 Å². The van der Waals surface area contributed by atoms with Crippen LogP contribution in [0.5, 0.6) is 0 Å². The van der Waals surface area contributed by atoms with Crippen LogP contribution in [0.3, 0.4) is 0 Å². The van der Waals surface area contributed by atoms with Crippen LogP contribution in [-0.2, 0) is 9.59 Å². The van der Waals surface area contributed by atoms with Crippen LogP contribution < -0.4 is 10.2 Å². The topological polar surface area (TPSA) is 62.3 Å². The minimum absolute atomic E-state index is 0.272. The molecule has 5 heteroatoms. The third-order valence-corrected chi connectivity index (χ3v) is 5.76. The van der Waals surface area contributed by atoms with Crippen LogP contribution in [0.25, 0.3) is 11.1 Å². The molecule has 35 heavy (non-hydrogen) atoms. The SMILES string of the molecule is C#CC(=O)N(c1ccc(-c2ccccc2)cc1)[C@@H](C(=O)N[C@@H](C)c1ccccc1)c1cccnc1. The summed E-state index contributed by atoms with van der Waals surface area (Å²) in [5.41, 5.74) is 4.06. The van der Waals surface area contributed by atoms with E-state index in [1.807, 2.05) is 79.7 Å². The molecule has 1 aromatic heterocycles. The van der Waals surface area contributed by atoms with Crippen molar-refractivity contribution in [1.29, 1.82) is 0 Å². The number of carbonyl (C=O) groups excluding carboxylic acids is 2. The Hall–Kier alpha value is -4.69. The van der Waals surface area contributed by atoms with Gasteiger partial charge in [0.15, 0.2) is 0 Å². The first-order valence-electron chi connectivity index (χ1n) is 11.3. The van der Waals surface area contributed by atoms with Gasteiger partial charge in [0.2, 0.25) is 5.91 Å². The molecule has 2 amide bonds. The van der Waals surface area contributed by atoms with Crippen molar-refractivity contribution in [2.24, 2.45) is 0 Å². The number of nitrogens with zero attached hydrogens (tertiary/aromatic N) is 2. The van der Waals surface area contributed by atoms with Gasteiger partial charge in [-0.05, 0) is 47.7 Å². The van der Waals surface area contributed by atoms with Crippen molar-refractivity contribution in [2.45, 2.75) is 19.0 Å². The van der Waals surface area contributed by atoms with Gasteiger partial charge in [0.25, 0.3) is 0 Å². The predicted octanol–water partition coefficient (Wildman–Crippen LogP) is 5.33. The molecule has 1 heterocycles. The van der Waals surface area contributed by atoms with Crippen molar-refractivity contribution in [3.63, 3.8) is 0 Å². The summed E-state index contributed by atoms with van der Waals surface area (Å²) >= 11 is 0. The first-order valence-corrected chi connectivity index (χ1v) is 11.3. The van der Waals surface area contributed by atoms with Crippen LogP contribution in [0.15, 0.2) is 109 Å². The van der Waals surface area contributed by atoms with E-state index in [4.69, 9.17) is 6.42 Å². The highest BCUT2D eigenvalue weighted by atomic mass is 16.2. The highest BCUT2D eigenvalue weighted by Crippen LogP contribution is 2.30. The summed E-state index contributed by atoms with van der Waals surface area (Å²) in [5.74, 6) is 1.21. The molecule has 0 aliphatic carbocycles. The van der Waals surface area contributed by atoms with Crippen molar-refractivity contribution in [3.05, 3.63) is 121 Å². The molecule has 4 aromatic rings. The highest BCUT2D eigenvalue weighted by molar-refractivity contribution is 6.09. The number of carbonyl (C=O) groups is 2. The van der Waals surface area contributed by atoms with Gasteiger partial charge in [0.05, 0.1) is 6.04 Å². The Morgan fingerprint density at radius 2 is 1.43 bits per heavy atom. The normalized spacial score (nSPS) is 12.1. The molecular formula is C30H25N3O2. The Morgan fingerprint density at radius 1 is 0.829 bits per heavy atom. The molecular weight excluding hydrogens is 434 g/mol. The average molecular weight is 460 g/mol. The fraction of sp³-hybridized carbons (Fsp3) is 0.100. The number of hydrogen-bond acceptors (Lipinski definition) is 3. The molecule has 0 saturated heterocycles. The van der Waals surface area contributed by atoms with Gasteiger partial charge in [-0.2, -0.15) is 0 Å². The maximum Gasteiger partial charge on any atom is 0.303 e. The molecule has 0 fully saturated rings. The summed E-state index contributed by atoms with van der Waals surface area (Å²) in [6.07, 6.45) is 8.75. The van der Waals surface area contributed by atoms with Crippen molar-refractivity contribution >= 4 is 17.5 Å². The van der Waals surface area contributed by atoms with Crippen LogP contribution in [0.2, 0.25) is 0 Å². The smallest absolute Gasteiger partial charge is 0.303 e. The standard InChI is InChI=1S/C30H25N3O2/c1-3-28(34)33(27-18-16-25(17-19-27)24-13-8-5-9-14-24)29(26-15-10-20-31-21-26)30(35)32-22(2)23-11-6-4-7-12-23/h1,4-22,29H,2H3,(H,32,35)/t22-,29+/m0/s1. The molecule has 0 spiro atoms. The zero-order chi connectivity index (χ0) is 24.6. The molecule has 0 bridgehead atoms. The van der Waals surface area contributed by atoms with Gasteiger partial charge in [-0.3, -0.25) is 19.5 Å². The number of anilines is 1. The van der Waals surface area contributed by atoms with Crippen LogP contribution >= 0.6 is 0 Å². The minimum Gasteiger partial charge on any atom is -0.347 e. The lowest BCUT2D eigenvalue weighted by Crippen LogP contribution is -2.44. The molecule has 1 N–H and O–H groups in total.